The molecule has 0 fully saturated rings. The second-order valence-corrected chi connectivity index (χ2v) is 5.36. The fourth-order valence-electron chi connectivity index (χ4n) is 1.95. The predicted molar refractivity (Wildman–Crippen MR) is 81.2 cm³/mol. The third kappa shape index (κ3) is 3.25. The third-order valence-corrected chi connectivity index (χ3v) is 3.80. The molecule has 3 aromatic rings. The van der Waals surface area contributed by atoms with E-state index < -0.39 is 11.6 Å². The summed E-state index contributed by atoms with van der Waals surface area (Å²) in [5, 5.41) is 5.57. The number of anilines is 1. The molecule has 1 heterocycles. The number of nitrogens with zero attached hydrogens (tertiary/aromatic N) is 1. The molecular formula is C16H12F2N2S. The molecule has 106 valence electrons. The van der Waals surface area contributed by atoms with Crippen LogP contribution in [0, 0.1) is 11.6 Å². The Hall–Kier alpha value is -2.27. The minimum absolute atomic E-state index is 0.180. The van der Waals surface area contributed by atoms with E-state index in [4.69, 9.17) is 0 Å². The van der Waals surface area contributed by atoms with Gasteiger partial charge in [0.1, 0.15) is 11.6 Å². The van der Waals surface area contributed by atoms with Crippen molar-refractivity contribution in [2.24, 2.45) is 0 Å². The molecule has 0 saturated heterocycles. The Bertz CT molecular complexity index is 741. The zero-order chi connectivity index (χ0) is 14.7. The van der Waals surface area contributed by atoms with Crippen LogP contribution in [0.3, 0.4) is 0 Å². The first kappa shape index (κ1) is 13.7. The van der Waals surface area contributed by atoms with Crippen LogP contribution in [0.25, 0.3) is 11.3 Å². The van der Waals surface area contributed by atoms with Gasteiger partial charge in [0.2, 0.25) is 0 Å². The highest BCUT2D eigenvalue weighted by atomic mass is 32.1. The lowest BCUT2D eigenvalue weighted by molar-refractivity contribution is 0.603. The van der Waals surface area contributed by atoms with Gasteiger partial charge in [0.05, 0.1) is 5.69 Å². The van der Waals surface area contributed by atoms with Crippen molar-refractivity contribution in [3.8, 4) is 11.3 Å². The van der Waals surface area contributed by atoms with Crippen molar-refractivity contribution in [2.45, 2.75) is 6.54 Å². The first-order chi connectivity index (χ1) is 10.2. The molecule has 3 rings (SSSR count). The van der Waals surface area contributed by atoms with Crippen molar-refractivity contribution in [3.05, 3.63) is 71.1 Å². The van der Waals surface area contributed by atoms with Gasteiger partial charge in [0.25, 0.3) is 0 Å². The standard InChI is InChI=1S/C16H12F2N2S/c17-12-6-7-14(18)13(8-12)15-10-21-16(20-15)19-9-11-4-2-1-3-5-11/h1-8,10H,9H2,(H,19,20). The lowest BCUT2D eigenvalue weighted by atomic mass is 10.1. The number of benzene rings is 2. The minimum Gasteiger partial charge on any atom is -0.357 e. The number of hydrogen-bond donors (Lipinski definition) is 1. The Labute approximate surface area is 125 Å². The van der Waals surface area contributed by atoms with E-state index >= 15 is 0 Å². The summed E-state index contributed by atoms with van der Waals surface area (Å²) >= 11 is 1.37. The first-order valence-electron chi connectivity index (χ1n) is 6.41. The molecule has 0 aliphatic heterocycles. The molecule has 1 aromatic heterocycles. The maximum Gasteiger partial charge on any atom is 0.183 e. The maximum atomic E-state index is 13.7. The van der Waals surface area contributed by atoms with Gasteiger partial charge in [-0.25, -0.2) is 13.8 Å². The van der Waals surface area contributed by atoms with Gasteiger partial charge < -0.3 is 5.32 Å². The fourth-order valence-corrected chi connectivity index (χ4v) is 2.66. The van der Waals surface area contributed by atoms with Crippen molar-refractivity contribution in [2.75, 3.05) is 5.32 Å². The summed E-state index contributed by atoms with van der Waals surface area (Å²) in [6.07, 6.45) is 0. The largest absolute Gasteiger partial charge is 0.357 e. The Kier molecular flexibility index (Phi) is 3.92. The summed E-state index contributed by atoms with van der Waals surface area (Å²) in [7, 11) is 0. The molecule has 0 amide bonds. The molecule has 0 spiro atoms. The summed E-state index contributed by atoms with van der Waals surface area (Å²) in [5.74, 6) is -0.950. The summed E-state index contributed by atoms with van der Waals surface area (Å²) in [6.45, 7) is 0.638. The van der Waals surface area contributed by atoms with E-state index in [-0.39, 0.29) is 5.56 Å². The Morgan fingerprint density at radius 1 is 1.05 bits per heavy atom. The van der Waals surface area contributed by atoms with Gasteiger partial charge in [-0.2, -0.15) is 0 Å². The van der Waals surface area contributed by atoms with Crippen molar-refractivity contribution in [1.29, 1.82) is 0 Å². The SMILES string of the molecule is Fc1ccc(F)c(-c2csc(NCc3ccccc3)n2)c1. The van der Waals surface area contributed by atoms with Crippen molar-refractivity contribution in [1.82, 2.24) is 4.98 Å². The number of aromatic nitrogens is 1. The average molecular weight is 302 g/mol. The zero-order valence-corrected chi connectivity index (χ0v) is 11.8. The predicted octanol–water partition coefficient (Wildman–Crippen LogP) is 4.70. The van der Waals surface area contributed by atoms with Crippen LogP contribution >= 0.6 is 11.3 Å². The molecule has 2 aromatic carbocycles. The monoisotopic (exact) mass is 302 g/mol. The van der Waals surface area contributed by atoms with Crippen molar-refractivity contribution >= 4 is 16.5 Å². The van der Waals surface area contributed by atoms with Crippen LogP contribution in [0.4, 0.5) is 13.9 Å². The quantitative estimate of drug-likeness (QED) is 0.755. The molecule has 0 bridgehead atoms. The third-order valence-electron chi connectivity index (χ3n) is 3.00. The van der Waals surface area contributed by atoms with Crippen LogP contribution in [-0.2, 0) is 6.54 Å². The van der Waals surface area contributed by atoms with Crippen LogP contribution in [-0.4, -0.2) is 4.98 Å². The van der Waals surface area contributed by atoms with E-state index in [1.807, 2.05) is 30.3 Å². The molecule has 2 nitrogen and oxygen atoms in total. The van der Waals surface area contributed by atoms with Gasteiger partial charge in [-0.05, 0) is 23.8 Å². The fraction of sp³-hybridized carbons (Fsp3) is 0.0625. The van der Waals surface area contributed by atoms with Crippen LogP contribution in [0.1, 0.15) is 5.56 Å². The van der Waals surface area contributed by atoms with Crippen LogP contribution in [0.5, 0.6) is 0 Å². The molecule has 0 unspecified atom stereocenters. The summed E-state index contributed by atoms with van der Waals surface area (Å²) in [6, 6.07) is 13.3. The van der Waals surface area contributed by atoms with Gasteiger partial charge in [-0.3, -0.25) is 0 Å². The lowest BCUT2D eigenvalue weighted by Crippen LogP contribution is -1.98. The number of nitrogens with one attached hydrogen (secondary N) is 1. The molecule has 21 heavy (non-hydrogen) atoms. The molecule has 0 atom stereocenters. The van der Waals surface area contributed by atoms with E-state index in [9.17, 15) is 8.78 Å². The molecular weight excluding hydrogens is 290 g/mol. The highest BCUT2D eigenvalue weighted by Gasteiger charge is 2.10. The second-order valence-electron chi connectivity index (χ2n) is 4.50. The van der Waals surface area contributed by atoms with Crippen LogP contribution in [0.15, 0.2) is 53.9 Å². The Morgan fingerprint density at radius 2 is 1.86 bits per heavy atom. The van der Waals surface area contributed by atoms with E-state index in [1.54, 1.807) is 5.38 Å². The van der Waals surface area contributed by atoms with E-state index in [0.717, 1.165) is 23.8 Å². The minimum atomic E-state index is -0.476. The van der Waals surface area contributed by atoms with E-state index in [0.29, 0.717) is 17.4 Å². The van der Waals surface area contributed by atoms with Crippen LogP contribution < -0.4 is 5.32 Å². The van der Waals surface area contributed by atoms with E-state index in [2.05, 4.69) is 10.3 Å². The van der Waals surface area contributed by atoms with Crippen LogP contribution in [0.2, 0.25) is 0 Å². The van der Waals surface area contributed by atoms with Gasteiger partial charge in [-0.1, -0.05) is 30.3 Å². The number of rotatable bonds is 4. The summed E-state index contributed by atoms with van der Waals surface area (Å²) in [4.78, 5) is 4.30. The molecule has 0 radical (unpaired) electrons. The van der Waals surface area contributed by atoms with Gasteiger partial charge in [-0.15, -0.1) is 11.3 Å². The molecule has 0 aliphatic rings. The molecule has 5 heteroatoms. The maximum absolute atomic E-state index is 13.7. The number of thiazole rings is 1. The van der Waals surface area contributed by atoms with Crippen molar-refractivity contribution < 1.29 is 8.78 Å². The number of halogens is 2. The highest BCUT2D eigenvalue weighted by Crippen LogP contribution is 2.27. The summed E-state index contributed by atoms with van der Waals surface area (Å²) in [5.41, 5.74) is 1.75. The number of hydrogen-bond acceptors (Lipinski definition) is 3. The average Bonchev–Trinajstić information content (AvgIpc) is 2.97. The Balaban J connectivity index is 1.76. The molecule has 0 aliphatic carbocycles. The second kappa shape index (κ2) is 6.01. The first-order valence-corrected chi connectivity index (χ1v) is 7.29. The smallest absolute Gasteiger partial charge is 0.183 e. The van der Waals surface area contributed by atoms with Gasteiger partial charge in [0.15, 0.2) is 5.13 Å². The zero-order valence-electron chi connectivity index (χ0n) is 11.0. The summed E-state index contributed by atoms with van der Waals surface area (Å²) < 4.78 is 26.9. The van der Waals surface area contributed by atoms with Gasteiger partial charge in [0, 0.05) is 17.5 Å². The topological polar surface area (TPSA) is 24.9 Å². The molecule has 1 N–H and O–H groups in total. The van der Waals surface area contributed by atoms with Crippen molar-refractivity contribution in [3.63, 3.8) is 0 Å². The normalized spacial score (nSPS) is 10.6. The van der Waals surface area contributed by atoms with Gasteiger partial charge >= 0.3 is 0 Å². The highest BCUT2D eigenvalue weighted by molar-refractivity contribution is 7.14. The Morgan fingerprint density at radius 3 is 2.67 bits per heavy atom. The molecule has 0 saturated carbocycles. The van der Waals surface area contributed by atoms with E-state index in [1.165, 1.54) is 11.3 Å². The lowest BCUT2D eigenvalue weighted by Gasteiger charge is -2.02.